The molecule has 0 amide bonds. The van der Waals surface area contributed by atoms with E-state index in [2.05, 4.69) is 0 Å². The fourth-order valence-corrected chi connectivity index (χ4v) is 2.55. The highest BCUT2D eigenvalue weighted by Crippen LogP contribution is 2.27. The van der Waals surface area contributed by atoms with Gasteiger partial charge in [-0.2, -0.15) is 0 Å². The van der Waals surface area contributed by atoms with Gasteiger partial charge in [0, 0.05) is 28.1 Å². The van der Waals surface area contributed by atoms with E-state index in [0.29, 0.717) is 21.6 Å². The Labute approximate surface area is 146 Å². The Bertz CT molecular complexity index is 1040. The normalized spacial score (nSPS) is 10.8. The Kier molecular flexibility index (Phi) is 4.37. The molecule has 0 spiro atoms. The number of halogens is 1. The van der Waals surface area contributed by atoms with E-state index in [-0.39, 0.29) is 17.9 Å². The summed E-state index contributed by atoms with van der Waals surface area (Å²) in [5.41, 5.74) is 0.847. The lowest BCUT2D eigenvalue weighted by Crippen LogP contribution is -2.08. The van der Waals surface area contributed by atoms with Crippen molar-refractivity contribution < 1.29 is 24.2 Å². The minimum Gasteiger partial charge on any atom is -0.508 e. The second-order valence-electron chi connectivity index (χ2n) is 5.47. The molecule has 6 nitrogen and oxygen atoms in total. The van der Waals surface area contributed by atoms with Crippen LogP contribution in [0.1, 0.15) is 21.5 Å². The van der Waals surface area contributed by atoms with Crippen LogP contribution >= 0.6 is 11.6 Å². The lowest BCUT2D eigenvalue weighted by molar-refractivity contribution is 0.0470. The van der Waals surface area contributed by atoms with Crippen molar-refractivity contribution in [1.82, 2.24) is 0 Å². The van der Waals surface area contributed by atoms with Gasteiger partial charge in [0.15, 0.2) is 0 Å². The van der Waals surface area contributed by atoms with E-state index in [9.17, 15) is 19.8 Å². The van der Waals surface area contributed by atoms with Crippen LogP contribution in [0.4, 0.5) is 0 Å². The van der Waals surface area contributed by atoms with E-state index in [1.165, 1.54) is 18.2 Å². The second-order valence-corrected chi connectivity index (χ2v) is 5.87. The molecule has 0 saturated heterocycles. The Hall–Kier alpha value is -2.99. The van der Waals surface area contributed by atoms with Crippen LogP contribution in [-0.2, 0) is 11.3 Å². The van der Waals surface area contributed by atoms with Crippen LogP contribution in [0.5, 0.6) is 11.5 Å². The van der Waals surface area contributed by atoms with Gasteiger partial charge in [0.05, 0.1) is 0 Å². The predicted molar refractivity (Wildman–Crippen MR) is 91.1 cm³/mol. The minimum atomic E-state index is -0.794. The molecular formula is C18H13ClO6. The van der Waals surface area contributed by atoms with Crippen LogP contribution in [0.25, 0.3) is 11.0 Å². The second kappa shape index (κ2) is 6.49. The van der Waals surface area contributed by atoms with E-state index in [4.69, 9.17) is 20.8 Å². The Balaban J connectivity index is 1.91. The zero-order chi connectivity index (χ0) is 18.1. The maximum absolute atomic E-state index is 12.1. The third kappa shape index (κ3) is 3.44. The van der Waals surface area contributed by atoms with Gasteiger partial charge in [-0.05, 0) is 36.8 Å². The molecule has 0 saturated carbocycles. The summed E-state index contributed by atoms with van der Waals surface area (Å²) in [5, 5.41) is 20.0. The molecule has 1 aromatic heterocycles. The summed E-state index contributed by atoms with van der Waals surface area (Å²) < 4.78 is 10.3. The summed E-state index contributed by atoms with van der Waals surface area (Å²) in [7, 11) is 0. The standard InChI is InChI=1S/C18H13ClO6/c1-9-4-16-13(7-14(9)19)10(5-17(22)25-16)8-24-18(23)12-3-2-11(20)6-15(12)21/h2-7,20-21H,8H2,1H3. The minimum absolute atomic E-state index is 0.0982. The highest BCUT2D eigenvalue weighted by molar-refractivity contribution is 6.32. The number of esters is 1. The van der Waals surface area contributed by atoms with Crippen LogP contribution in [0, 0.1) is 6.92 Å². The largest absolute Gasteiger partial charge is 0.508 e. The molecule has 2 N–H and O–H groups in total. The average molecular weight is 361 g/mol. The summed E-state index contributed by atoms with van der Waals surface area (Å²) in [5.74, 6) is -1.37. The summed E-state index contributed by atoms with van der Waals surface area (Å²) >= 11 is 6.11. The molecule has 3 aromatic rings. The molecule has 0 fully saturated rings. The van der Waals surface area contributed by atoms with E-state index in [1.54, 1.807) is 19.1 Å². The number of aromatic hydroxyl groups is 2. The zero-order valence-electron chi connectivity index (χ0n) is 13.1. The number of rotatable bonds is 3. The zero-order valence-corrected chi connectivity index (χ0v) is 13.8. The van der Waals surface area contributed by atoms with Gasteiger partial charge in [-0.1, -0.05) is 11.6 Å². The van der Waals surface area contributed by atoms with Crippen molar-refractivity contribution in [3.63, 3.8) is 0 Å². The number of benzene rings is 2. The van der Waals surface area contributed by atoms with Crippen molar-refractivity contribution >= 4 is 28.5 Å². The fourth-order valence-electron chi connectivity index (χ4n) is 2.38. The van der Waals surface area contributed by atoms with Crippen LogP contribution in [0.2, 0.25) is 5.02 Å². The van der Waals surface area contributed by atoms with Crippen LogP contribution < -0.4 is 5.63 Å². The van der Waals surface area contributed by atoms with Gasteiger partial charge in [-0.3, -0.25) is 0 Å². The van der Waals surface area contributed by atoms with E-state index in [0.717, 1.165) is 11.6 Å². The fraction of sp³-hybridized carbons (Fsp3) is 0.111. The molecule has 0 radical (unpaired) electrons. The van der Waals surface area contributed by atoms with Crippen molar-refractivity contribution in [3.05, 3.63) is 68.5 Å². The quantitative estimate of drug-likeness (QED) is 0.548. The number of phenols is 2. The molecular weight excluding hydrogens is 348 g/mol. The molecule has 0 atom stereocenters. The van der Waals surface area contributed by atoms with Crippen molar-refractivity contribution in [2.75, 3.05) is 0 Å². The van der Waals surface area contributed by atoms with Gasteiger partial charge >= 0.3 is 11.6 Å². The molecule has 128 valence electrons. The number of carbonyl (C=O) groups excluding carboxylic acids is 1. The van der Waals surface area contributed by atoms with Crippen LogP contribution in [-0.4, -0.2) is 16.2 Å². The smallest absolute Gasteiger partial charge is 0.342 e. The predicted octanol–water partition coefficient (Wildman–Crippen LogP) is 3.52. The molecule has 1 heterocycles. The third-order valence-corrected chi connectivity index (χ3v) is 4.08. The summed E-state index contributed by atoms with van der Waals surface area (Å²) in [6, 6.07) is 8.02. The first kappa shape index (κ1) is 16.9. The lowest BCUT2D eigenvalue weighted by Gasteiger charge is -2.09. The topological polar surface area (TPSA) is 97.0 Å². The Morgan fingerprint density at radius 3 is 2.68 bits per heavy atom. The highest BCUT2D eigenvalue weighted by atomic mass is 35.5. The Morgan fingerprint density at radius 2 is 1.96 bits per heavy atom. The first-order chi connectivity index (χ1) is 11.8. The third-order valence-electron chi connectivity index (χ3n) is 3.67. The molecule has 0 unspecified atom stereocenters. The molecule has 3 rings (SSSR count). The van der Waals surface area contributed by atoms with Crippen molar-refractivity contribution in [1.29, 1.82) is 0 Å². The van der Waals surface area contributed by atoms with E-state index >= 15 is 0 Å². The van der Waals surface area contributed by atoms with Crippen LogP contribution in [0.15, 0.2) is 45.6 Å². The maximum Gasteiger partial charge on any atom is 0.342 e. The molecule has 0 aliphatic rings. The first-order valence-corrected chi connectivity index (χ1v) is 7.65. The number of hydrogen-bond donors (Lipinski definition) is 2. The van der Waals surface area contributed by atoms with Gasteiger partial charge in [-0.15, -0.1) is 0 Å². The lowest BCUT2D eigenvalue weighted by atomic mass is 10.1. The van der Waals surface area contributed by atoms with Gasteiger partial charge in [0.1, 0.15) is 29.3 Å². The summed E-state index contributed by atoms with van der Waals surface area (Å²) in [6.07, 6.45) is 0. The molecule has 0 bridgehead atoms. The molecule has 2 aromatic carbocycles. The van der Waals surface area contributed by atoms with Gasteiger partial charge in [0.2, 0.25) is 0 Å². The van der Waals surface area contributed by atoms with E-state index < -0.39 is 17.3 Å². The van der Waals surface area contributed by atoms with E-state index in [1.807, 2.05) is 0 Å². The first-order valence-electron chi connectivity index (χ1n) is 7.27. The molecule has 0 aliphatic heterocycles. The van der Waals surface area contributed by atoms with Gasteiger partial charge in [0.25, 0.3) is 0 Å². The molecule has 25 heavy (non-hydrogen) atoms. The van der Waals surface area contributed by atoms with Gasteiger partial charge < -0.3 is 19.4 Å². The number of phenolic OH excluding ortho intramolecular Hbond substituents is 2. The summed E-state index contributed by atoms with van der Waals surface area (Å²) in [6.45, 7) is 1.57. The summed E-state index contributed by atoms with van der Waals surface area (Å²) in [4.78, 5) is 23.8. The number of fused-ring (bicyclic) bond motifs is 1. The Morgan fingerprint density at radius 1 is 1.20 bits per heavy atom. The number of aryl methyl sites for hydroxylation is 1. The highest BCUT2D eigenvalue weighted by Gasteiger charge is 2.15. The van der Waals surface area contributed by atoms with Crippen molar-refractivity contribution in [3.8, 4) is 11.5 Å². The monoisotopic (exact) mass is 360 g/mol. The van der Waals surface area contributed by atoms with Crippen molar-refractivity contribution in [2.24, 2.45) is 0 Å². The van der Waals surface area contributed by atoms with Crippen molar-refractivity contribution in [2.45, 2.75) is 13.5 Å². The average Bonchev–Trinajstić information content (AvgIpc) is 2.54. The molecule has 7 heteroatoms. The number of carbonyl (C=O) groups is 1. The van der Waals surface area contributed by atoms with Crippen LogP contribution in [0.3, 0.4) is 0 Å². The number of ether oxygens (including phenoxy) is 1. The SMILES string of the molecule is Cc1cc2oc(=O)cc(COC(=O)c3ccc(O)cc3O)c2cc1Cl. The maximum atomic E-state index is 12.1. The van der Waals surface area contributed by atoms with Gasteiger partial charge in [-0.25, -0.2) is 9.59 Å². The molecule has 0 aliphatic carbocycles. The number of hydrogen-bond acceptors (Lipinski definition) is 6.